The summed E-state index contributed by atoms with van der Waals surface area (Å²) in [7, 11) is 0. The monoisotopic (exact) mass is 393 g/mol. The van der Waals surface area contributed by atoms with E-state index in [1.807, 2.05) is 22.6 Å². The van der Waals surface area contributed by atoms with Crippen molar-refractivity contribution >= 4 is 39.6 Å². The number of aromatic nitrogens is 4. The first-order chi connectivity index (χ1) is 9.54. The van der Waals surface area contributed by atoms with Crippen molar-refractivity contribution in [3.8, 4) is 0 Å². The number of aliphatic hydroxyl groups is 3. The van der Waals surface area contributed by atoms with Crippen molar-refractivity contribution < 1.29 is 20.1 Å². The van der Waals surface area contributed by atoms with Gasteiger partial charge in [-0.2, -0.15) is 0 Å². The number of rotatable bonds is 2. The maximum Gasteiger partial charge on any atom is 0.175 e. The van der Waals surface area contributed by atoms with E-state index in [0.29, 0.717) is 15.0 Å². The molecule has 2 aromatic heterocycles. The first-order valence-corrected chi connectivity index (χ1v) is 6.88. The number of ether oxygens (including phenoxy) is 1. The molecule has 20 heavy (non-hydrogen) atoms. The maximum absolute atomic E-state index is 10.1. The van der Waals surface area contributed by atoms with Crippen LogP contribution in [0, 0.1) is 3.83 Å². The number of hydrogen-bond donors (Lipinski definition) is 4. The predicted octanol–water partition coefficient (Wildman–Crippen LogP) is -1.38. The van der Waals surface area contributed by atoms with E-state index < -0.39 is 31.1 Å². The molecule has 3 heterocycles. The minimum Gasteiger partial charge on any atom is -0.394 e. The molecule has 1 fully saturated rings. The molecule has 0 saturated carbocycles. The van der Waals surface area contributed by atoms with E-state index >= 15 is 0 Å². The van der Waals surface area contributed by atoms with Crippen LogP contribution in [0.4, 0.5) is 5.82 Å². The lowest BCUT2D eigenvalue weighted by Crippen LogP contribution is -2.33. The minimum atomic E-state index is -1.20. The van der Waals surface area contributed by atoms with Gasteiger partial charge in [-0.3, -0.25) is 4.57 Å². The smallest absolute Gasteiger partial charge is 0.175 e. The Hall–Kier alpha value is -1.08. The Morgan fingerprint density at radius 2 is 2.10 bits per heavy atom. The maximum atomic E-state index is 10.1. The van der Waals surface area contributed by atoms with Gasteiger partial charge in [0.05, 0.1) is 6.61 Å². The summed E-state index contributed by atoms with van der Waals surface area (Å²) < 4.78 is 7.49. The summed E-state index contributed by atoms with van der Waals surface area (Å²) in [6.45, 7) is -0.394. The van der Waals surface area contributed by atoms with Crippen LogP contribution in [-0.2, 0) is 4.74 Å². The van der Waals surface area contributed by atoms with Crippen molar-refractivity contribution in [2.24, 2.45) is 0 Å². The molecule has 0 amide bonds. The van der Waals surface area contributed by atoms with Crippen LogP contribution in [0.25, 0.3) is 11.2 Å². The molecular weight excluding hydrogens is 381 g/mol. The third kappa shape index (κ3) is 1.95. The summed E-state index contributed by atoms with van der Waals surface area (Å²) >= 11 is 1.95. The Morgan fingerprint density at radius 3 is 2.75 bits per heavy atom. The number of nitrogen functional groups attached to an aromatic ring is 1. The van der Waals surface area contributed by atoms with Crippen molar-refractivity contribution in [1.82, 2.24) is 19.5 Å². The molecule has 4 atom stereocenters. The zero-order valence-electron chi connectivity index (χ0n) is 10.1. The molecule has 1 saturated heterocycles. The molecule has 0 unspecified atom stereocenters. The van der Waals surface area contributed by atoms with E-state index in [1.165, 1.54) is 10.9 Å². The molecule has 9 nitrogen and oxygen atoms in total. The third-order valence-electron chi connectivity index (χ3n) is 3.23. The van der Waals surface area contributed by atoms with Crippen molar-refractivity contribution in [2.75, 3.05) is 12.3 Å². The average molecular weight is 393 g/mol. The Labute approximate surface area is 126 Å². The fraction of sp³-hybridized carbons (Fsp3) is 0.500. The van der Waals surface area contributed by atoms with E-state index in [0.717, 1.165) is 0 Å². The van der Waals surface area contributed by atoms with E-state index in [4.69, 9.17) is 15.6 Å². The number of aliphatic hydroxyl groups excluding tert-OH is 3. The lowest BCUT2D eigenvalue weighted by Gasteiger charge is -2.17. The summed E-state index contributed by atoms with van der Waals surface area (Å²) in [6.07, 6.45) is -2.85. The molecule has 0 spiro atoms. The second kappa shape index (κ2) is 5.04. The standard InChI is InChI=1S/C10H12IN5O4/c11-10-15-4-7(12)13-2-14-8(4)16(10)9-6(19)5(18)3(1-17)20-9/h2-3,5-6,9,17-19H,1H2,(H2,12,13,14)/t3-,5+,6-,9-/m1/s1. The fourth-order valence-electron chi connectivity index (χ4n) is 2.22. The normalized spacial score (nSPS) is 30.2. The van der Waals surface area contributed by atoms with Crippen LogP contribution >= 0.6 is 22.6 Å². The van der Waals surface area contributed by atoms with E-state index in [1.54, 1.807) is 0 Å². The zero-order valence-corrected chi connectivity index (χ0v) is 12.2. The Balaban J connectivity index is 2.11. The molecular formula is C10H12IN5O4. The molecule has 3 rings (SSSR count). The number of nitrogens with two attached hydrogens (primary N) is 1. The van der Waals surface area contributed by atoms with Gasteiger partial charge in [0.25, 0.3) is 0 Å². The highest BCUT2D eigenvalue weighted by atomic mass is 127. The Kier molecular flexibility index (Phi) is 3.50. The van der Waals surface area contributed by atoms with Gasteiger partial charge in [-0.25, -0.2) is 15.0 Å². The lowest BCUT2D eigenvalue weighted by molar-refractivity contribution is -0.0522. The van der Waals surface area contributed by atoms with Crippen LogP contribution in [0.15, 0.2) is 6.33 Å². The van der Waals surface area contributed by atoms with Crippen LogP contribution in [0.5, 0.6) is 0 Å². The third-order valence-corrected chi connectivity index (χ3v) is 3.99. The predicted molar refractivity (Wildman–Crippen MR) is 75.5 cm³/mol. The highest BCUT2D eigenvalue weighted by Gasteiger charge is 2.44. The number of imidazole rings is 1. The SMILES string of the molecule is Nc1ncnc2c1nc(I)n2[C@@H]1O[C@H](CO)[C@H](O)[C@H]1O. The fourth-order valence-corrected chi connectivity index (χ4v) is 2.96. The van der Waals surface area contributed by atoms with Gasteiger partial charge >= 0.3 is 0 Å². The second-order valence-electron chi connectivity index (χ2n) is 4.41. The summed E-state index contributed by atoms with van der Waals surface area (Å²) in [5.41, 5.74) is 6.53. The number of nitrogens with zero attached hydrogens (tertiary/aromatic N) is 4. The molecule has 0 aromatic carbocycles. The summed E-state index contributed by atoms with van der Waals surface area (Å²) in [5, 5.41) is 29.0. The zero-order chi connectivity index (χ0) is 14.4. The molecule has 0 bridgehead atoms. The van der Waals surface area contributed by atoms with Crippen LogP contribution < -0.4 is 5.73 Å². The van der Waals surface area contributed by atoms with Crippen molar-refractivity contribution in [3.05, 3.63) is 10.2 Å². The number of fused-ring (bicyclic) bond motifs is 1. The van der Waals surface area contributed by atoms with Crippen molar-refractivity contribution in [1.29, 1.82) is 0 Å². The molecule has 108 valence electrons. The van der Waals surface area contributed by atoms with E-state index in [-0.39, 0.29) is 5.82 Å². The second-order valence-corrected chi connectivity index (χ2v) is 5.38. The van der Waals surface area contributed by atoms with Crippen molar-refractivity contribution in [3.63, 3.8) is 0 Å². The van der Waals surface area contributed by atoms with Gasteiger partial charge in [-0.05, 0) is 0 Å². The van der Waals surface area contributed by atoms with E-state index in [9.17, 15) is 10.2 Å². The van der Waals surface area contributed by atoms with Crippen LogP contribution in [-0.4, -0.2) is 59.8 Å². The first-order valence-electron chi connectivity index (χ1n) is 5.81. The van der Waals surface area contributed by atoms with Gasteiger partial charge in [0.1, 0.15) is 24.6 Å². The summed E-state index contributed by atoms with van der Waals surface area (Å²) in [6, 6.07) is 0. The molecule has 2 aromatic rings. The van der Waals surface area contributed by atoms with E-state index in [2.05, 4.69) is 15.0 Å². The minimum absolute atomic E-state index is 0.221. The molecule has 0 radical (unpaired) electrons. The molecule has 5 N–H and O–H groups in total. The quantitative estimate of drug-likeness (QED) is 0.362. The Bertz CT molecular complexity index is 650. The van der Waals surface area contributed by atoms with Crippen LogP contribution in [0.2, 0.25) is 0 Å². The number of halogens is 1. The van der Waals surface area contributed by atoms with Crippen LogP contribution in [0.1, 0.15) is 6.23 Å². The van der Waals surface area contributed by atoms with Gasteiger partial charge in [-0.15, -0.1) is 0 Å². The highest BCUT2D eigenvalue weighted by Crippen LogP contribution is 2.33. The highest BCUT2D eigenvalue weighted by molar-refractivity contribution is 14.1. The molecule has 1 aliphatic heterocycles. The van der Waals surface area contributed by atoms with Gasteiger partial charge < -0.3 is 25.8 Å². The topological polar surface area (TPSA) is 140 Å². The van der Waals surface area contributed by atoms with Gasteiger partial charge in [0, 0.05) is 22.6 Å². The van der Waals surface area contributed by atoms with Gasteiger partial charge in [0.15, 0.2) is 27.0 Å². The molecule has 10 heteroatoms. The van der Waals surface area contributed by atoms with Gasteiger partial charge in [0.2, 0.25) is 0 Å². The van der Waals surface area contributed by atoms with Crippen LogP contribution in [0.3, 0.4) is 0 Å². The average Bonchev–Trinajstić information content (AvgIpc) is 2.90. The largest absolute Gasteiger partial charge is 0.394 e. The van der Waals surface area contributed by atoms with Gasteiger partial charge in [-0.1, -0.05) is 0 Å². The first kappa shape index (κ1) is 13.9. The number of anilines is 1. The summed E-state index contributed by atoms with van der Waals surface area (Å²) in [5.74, 6) is 0.221. The molecule has 1 aliphatic rings. The van der Waals surface area contributed by atoms with Crippen molar-refractivity contribution in [2.45, 2.75) is 24.5 Å². The Morgan fingerprint density at radius 1 is 1.35 bits per heavy atom. The molecule has 0 aliphatic carbocycles. The lowest BCUT2D eigenvalue weighted by atomic mass is 10.1. The number of hydrogen-bond acceptors (Lipinski definition) is 8. The summed E-state index contributed by atoms with van der Waals surface area (Å²) in [4.78, 5) is 12.2.